The number of nitro benzene ring substituents is 1. The maximum atomic E-state index is 11.1. The predicted octanol–water partition coefficient (Wildman–Crippen LogP) is 1.49. The van der Waals surface area contributed by atoms with Crippen LogP contribution in [-0.2, 0) is 16.1 Å². The average molecular weight is 252 g/mol. The van der Waals surface area contributed by atoms with Crippen LogP contribution in [0.1, 0.15) is 12.5 Å². The summed E-state index contributed by atoms with van der Waals surface area (Å²) in [7, 11) is 1.35. The molecule has 6 heteroatoms. The van der Waals surface area contributed by atoms with Gasteiger partial charge in [0.2, 0.25) is 0 Å². The predicted molar refractivity (Wildman–Crippen MR) is 66.0 cm³/mol. The minimum absolute atomic E-state index is 0.0651. The summed E-state index contributed by atoms with van der Waals surface area (Å²) in [6, 6.07) is 6.39. The van der Waals surface area contributed by atoms with Gasteiger partial charge in [-0.1, -0.05) is 19.1 Å². The highest BCUT2D eigenvalue weighted by molar-refractivity contribution is 5.72. The summed E-state index contributed by atoms with van der Waals surface area (Å²) in [5.41, 5.74) is 0.872. The van der Waals surface area contributed by atoms with E-state index < -0.39 is 4.92 Å². The third-order valence-electron chi connectivity index (χ3n) is 2.50. The highest BCUT2D eigenvalue weighted by atomic mass is 16.6. The van der Waals surface area contributed by atoms with Crippen LogP contribution < -0.4 is 5.32 Å². The Morgan fingerprint density at radius 1 is 1.56 bits per heavy atom. The fraction of sp³-hybridized carbons (Fsp3) is 0.417. The van der Waals surface area contributed by atoms with Gasteiger partial charge in [0.05, 0.1) is 18.0 Å². The number of rotatable bonds is 6. The van der Waals surface area contributed by atoms with Crippen molar-refractivity contribution in [3.8, 4) is 0 Å². The number of esters is 1. The second-order valence-electron chi connectivity index (χ2n) is 3.98. The minimum Gasteiger partial charge on any atom is -0.469 e. The number of nitrogens with zero attached hydrogens (tertiary/aromatic N) is 1. The Hall–Kier alpha value is -1.95. The fourth-order valence-corrected chi connectivity index (χ4v) is 1.50. The first-order chi connectivity index (χ1) is 8.54. The van der Waals surface area contributed by atoms with Crippen molar-refractivity contribution in [2.24, 2.45) is 5.92 Å². The lowest BCUT2D eigenvalue weighted by atomic mass is 10.1. The van der Waals surface area contributed by atoms with E-state index >= 15 is 0 Å². The number of carbonyl (C=O) groups excluding carboxylic acids is 1. The van der Waals surface area contributed by atoms with E-state index in [0.29, 0.717) is 13.1 Å². The van der Waals surface area contributed by atoms with E-state index in [2.05, 4.69) is 10.1 Å². The second kappa shape index (κ2) is 6.70. The zero-order valence-electron chi connectivity index (χ0n) is 10.4. The number of hydrogen-bond donors (Lipinski definition) is 1. The van der Waals surface area contributed by atoms with E-state index in [1.165, 1.54) is 19.2 Å². The number of methoxy groups -OCH3 is 1. The van der Waals surface area contributed by atoms with Crippen molar-refractivity contribution in [2.45, 2.75) is 13.5 Å². The Labute approximate surface area is 105 Å². The molecule has 0 radical (unpaired) electrons. The van der Waals surface area contributed by atoms with Gasteiger partial charge in [-0.3, -0.25) is 14.9 Å². The molecule has 1 aromatic carbocycles. The number of nitrogens with one attached hydrogen (secondary N) is 1. The molecule has 0 aromatic heterocycles. The molecule has 18 heavy (non-hydrogen) atoms. The fourth-order valence-electron chi connectivity index (χ4n) is 1.50. The number of hydrogen-bond acceptors (Lipinski definition) is 5. The first-order valence-electron chi connectivity index (χ1n) is 5.56. The van der Waals surface area contributed by atoms with Crippen molar-refractivity contribution in [2.75, 3.05) is 13.7 Å². The lowest BCUT2D eigenvalue weighted by Crippen LogP contribution is -2.26. The molecule has 0 amide bonds. The van der Waals surface area contributed by atoms with Crippen molar-refractivity contribution >= 4 is 11.7 Å². The van der Waals surface area contributed by atoms with Crippen LogP contribution >= 0.6 is 0 Å². The smallest absolute Gasteiger partial charge is 0.309 e. The zero-order chi connectivity index (χ0) is 13.5. The molecule has 1 aromatic rings. The molecule has 6 nitrogen and oxygen atoms in total. The molecular formula is C12H16N2O4. The second-order valence-corrected chi connectivity index (χ2v) is 3.98. The highest BCUT2D eigenvalue weighted by Crippen LogP contribution is 2.12. The lowest BCUT2D eigenvalue weighted by Gasteiger charge is -2.10. The number of benzene rings is 1. The summed E-state index contributed by atoms with van der Waals surface area (Å²) in [4.78, 5) is 21.3. The Morgan fingerprint density at radius 3 is 2.89 bits per heavy atom. The lowest BCUT2D eigenvalue weighted by molar-refractivity contribution is -0.384. The maximum absolute atomic E-state index is 11.1. The third-order valence-corrected chi connectivity index (χ3v) is 2.50. The van der Waals surface area contributed by atoms with Crippen LogP contribution in [0.2, 0.25) is 0 Å². The Balaban J connectivity index is 2.46. The van der Waals surface area contributed by atoms with Crippen LogP contribution in [0.15, 0.2) is 24.3 Å². The van der Waals surface area contributed by atoms with Gasteiger partial charge in [0, 0.05) is 25.2 Å². The molecule has 1 N–H and O–H groups in total. The quantitative estimate of drug-likeness (QED) is 0.471. The molecule has 1 rings (SSSR count). The molecule has 1 unspecified atom stereocenters. The van der Waals surface area contributed by atoms with E-state index in [1.807, 2.05) is 0 Å². The van der Waals surface area contributed by atoms with E-state index in [4.69, 9.17) is 0 Å². The van der Waals surface area contributed by atoms with E-state index in [1.54, 1.807) is 19.1 Å². The Morgan fingerprint density at radius 2 is 2.28 bits per heavy atom. The van der Waals surface area contributed by atoms with Gasteiger partial charge in [0.1, 0.15) is 0 Å². The SMILES string of the molecule is COC(=O)C(C)CNCc1cccc([N+](=O)[O-])c1. The monoisotopic (exact) mass is 252 g/mol. The maximum Gasteiger partial charge on any atom is 0.309 e. The van der Waals surface area contributed by atoms with E-state index in [-0.39, 0.29) is 17.6 Å². The zero-order valence-corrected chi connectivity index (χ0v) is 10.4. The molecule has 98 valence electrons. The van der Waals surface area contributed by atoms with Gasteiger partial charge in [-0.05, 0) is 5.56 Å². The van der Waals surface area contributed by atoms with Crippen molar-refractivity contribution in [1.29, 1.82) is 0 Å². The van der Waals surface area contributed by atoms with Gasteiger partial charge >= 0.3 is 5.97 Å². The van der Waals surface area contributed by atoms with Gasteiger partial charge in [0.15, 0.2) is 0 Å². The molecule has 0 saturated carbocycles. The Kier molecular flexibility index (Phi) is 5.26. The molecule has 0 saturated heterocycles. The van der Waals surface area contributed by atoms with Gasteiger partial charge in [-0.2, -0.15) is 0 Å². The summed E-state index contributed by atoms with van der Waals surface area (Å²) < 4.78 is 4.60. The van der Waals surface area contributed by atoms with E-state index in [9.17, 15) is 14.9 Å². The number of ether oxygens (including phenoxy) is 1. The number of carbonyl (C=O) groups is 1. The van der Waals surface area contributed by atoms with Crippen LogP contribution in [-0.4, -0.2) is 24.5 Å². The molecule has 0 fully saturated rings. The van der Waals surface area contributed by atoms with Crippen molar-refractivity contribution in [3.05, 3.63) is 39.9 Å². The summed E-state index contributed by atoms with van der Waals surface area (Å²) in [5.74, 6) is -0.518. The van der Waals surface area contributed by atoms with Crippen LogP contribution in [0.5, 0.6) is 0 Å². The molecule has 0 bridgehead atoms. The van der Waals surface area contributed by atoms with Gasteiger partial charge in [-0.15, -0.1) is 0 Å². The molecule has 0 aliphatic carbocycles. The van der Waals surface area contributed by atoms with Gasteiger partial charge < -0.3 is 10.1 Å². The third kappa shape index (κ3) is 4.14. The van der Waals surface area contributed by atoms with Crippen LogP contribution in [0.3, 0.4) is 0 Å². The van der Waals surface area contributed by atoms with Crippen molar-refractivity contribution < 1.29 is 14.5 Å². The van der Waals surface area contributed by atoms with Crippen LogP contribution in [0.25, 0.3) is 0 Å². The first kappa shape index (κ1) is 14.1. The van der Waals surface area contributed by atoms with Crippen LogP contribution in [0.4, 0.5) is 5.69 Å². The molecule has 1 atom stereocenters. The molecule has 0 heterocycles. The summed E-state index contributed by atoms with van der Waals surface area (Å²) >= 11 is 0. The standard InChI is InChI=1S/C12H16N2O4/c1-9(12(15)18-2)7-13-8-10-4-3-5-11(6-10)14(16)17/h3-6,9,13H,7-8H2,1-2H3. The Bertz CT molecular complexity index is 434. The van der Waals surface area contributed by atoms with Gasteiger partial charge in [0.25, 0.3) is 5.69 Å². The first-order valence-corrected chi connectivity index (χ1v) is 5.56. The number of nitro groups is 1. The molecular weight excluding hydrogens is 236 g/mol. The highest BCUT2D eigenvalue weighted by Gasteiger charge is 2.12. The molecule has 0 aliphatic heterocycles. The summed E-state index contributed by atoms with van der Waals surface area (Å²) in [6.45, 7) is 2.70. The number of non-ortho nitro benzene ring substituents is 1. The summed E-state index contributed by atoms with van der Waals surface area (Å²) in [5, 5.41) is 13.6. The van der Waals surface area contributed by atoms with Crippen molar-refractivity contribution in [1.82, 2.24) is 5.32 Å². The van der Waals surface area contributed by atoms with E-state index in [0.717, 1.165) is 5.56 Å². The van der Waals surface area contributed by atoms with Gasteiger partial charge in [-0.25, -0.2) is 0 Å². The minimum atomic E-state index is -0.430. The van der Waals surface area contributed by atoms with Crippen LogP contribution in [0, 0.1) is 16.0 Å². The molecule has 0 spiro atoms. The average Bonchev–Trinajstić information content (AvgIpc) is 2.38. The summed E-state index contributed by atoms with van der Waals surface area (Å²) in [6.07, 6.45) is 0. The topological polar surface area (TPSA) is 81.5 Å². The normalized spacial score (nSPS) is 11.9. The largest absolute Gasteiger partial charge is 0.469 e. The van der Waals surface area contributed by atoms with Crippen molar-refractivity contribution in [3.63, 3.8) is 0 Å². The molecule has 0 aliphatic rings.